The number of aliphatic carboxylic acids is 1. The first kappa shape index (κ1) is 20.5. The van der Waals surface area contributed by atoms with Gasteiger partial charge in [-0.25, -0.2) is 0 Å². The Hall–Kier alpha value is -2.86. The van der Waals surface area contributed by atoms with Crippen LogP contribution in [0, 0.1) is 5.41 Å². The predicted molar refractivity (Wildman–Crippen MR) is 104 cm³/mol. The molecular formula is C20H21ClN2O4. The molecule has 0 spiro atoms. The standard InChI is InChI=1S/C20H21ClN2O4/c1-20(2,11-13-4-3-5-15(21)10-13)19(27)23-16-8-6-14(7-9-16)18(26)22-12-17(24)25/h3-10H,11-12H2,1-2H3,(H,22,26)(H,23,27)(H,24,25). The first-order valence-corrected chi connectivity index (χ1v) is 8.71. The molecule has 0 heterocycles. The van der Waals surface area contributed by atoms with Crippen LogP contribution in [0.4, 0.5) is 5.69 Å². The number of nitrogens with one attached hydrogen (secondary N) is 2. The number of hydrogen-bond donors (Lipinski definition) is 3. The second-order valence-electron chi connectivity index (χ2n) is 6.80. The third-order valence-electron chi connectivity index (χ3n) is 3.95. The van der Waals surface area contributed by atoms with E-state index in [1.807, 2.05) is 32.0 Å². The highest BCUT2D eigenvalue weighted by atomic mass is 35.5. The fraction of sp³-hybridized carbons (Fsp3) is 0.250. The minimum Gasteiger partial charge on any atom is -0.480 e. The Morgan fingerprint density at radius 3 is 2.33 bits per heavy atom. The summed E-state index contributed by atoms with van der Waals surface area (Å²) in [4.78, 5) is 34.9. The Kier molecular flexibility index (Phi) is 6.58. The molecule has 0 fully saturated rings. The van der Waals surface area contributed by atoms with Crippen LogP contribution in [0.25, 0.3) is 0 Å². The smallest absolute Gasteiger partial charge is 0.322 e. The van der Waals surface area contributed by atoms with E-state index in [1.165, 1.54) is 12.1 Å². The van der Waals surface area contributed by atoms with Crippen molar-refractivity contribution in [2.75, 3.05) is 11.9 Å². The van der Waals surface area contributed by atoms with Gasteiger partial charge in [0.2, 0.25) is 5.91 Å². The minimum atomic E-state index is -1.12. The number of carboxylic acids is 1. The summed E-state index contributed by atoms with van der Waals surface area (Å²) in [7, 11) is 0. The molecule has 6 nitrogen and oxygen atoms in total. The number of carboxylic acid groups (broad SMARTS) is 1. The van der Waals surface area contributed by atoms with Crippen LogP contribution in [-0.2, 0) is 16.0 Å². The Labute approximate surface area is 162 Å². The maximum Gasteiger partial charge on any atom is 0.322 e. The van der Waals surface area contributed by atoms with Gasteiger partial charge in [-0.1, -0.05) is 37.6 Å². The van der Waals surface area contributed by atoms with E-state index in [1.54, 1.807) is 18.2 Å². The van der Waals surface area contributed by atoms with Gasteiger partial charge in [-0.15, -0.1) is 0 Å². The highest BCUT2D eigenvalue weighted by molar-refractivity contribution is 6.30. The molecule has 2 aromatic carbocycles. The van der Waals surface area contributed by atoms with Gasteiger partial charge in [0, 0.05) is 21.7 Å². The molecule has 27 heavy (non-hydrogen) atoms. The summed E-state index contributed by atoms with van der Waals surface area (Å²) in [6.07, 6.45) is 0.523. The molecule has 2 rings (SSSR count). The van der Waals surface area contributed by atoms with Crippen molar-refractivity contribution in [3.63, 3.8) is 0 Å². The molecule has 0 saturated carbocycles. The summed E-state index contributed by atoms with van der Waals surface area (Å²) in [5, 5.41) is 14.3. The number of rotatable bonds is 7. The molecule has 7 heteroatoms. The Morgan fingerprint density at radius 2 is 1.74 bits per heavy atom. The molecule has 2 amide bonds. The Balaban J connectivity index is 2.00. The topological polar surface area (TPSA) is 95.5 Å². The van der Waals surface area contributed by atoms with Crippen molar-refractivity contribution in [3.8, 4) is 0 Å². The molecule has 0 bridgehead atoms. The van der Waals surface area contributed by atoms with Crippen LogP contribution >= 0.6 is 11.6 Å². The van der Waals surface area contributed by atoms with E-state index in [4.69, 9.17) is 16.7 Å². The monoisotopic (exact) mass is 388 g/mol. The van der Waals surface area contributed by atoms with Gasteiger partial charge < -0.3 is 15.7 Å². The Morgan fingerprint density at radius 1 is 1.07 bits per heavy atom. The normalized spacial score (nSPS) is 10.9. The van der Waals surface area contributed by atoms with E-state index in [0.29, 0.717) is 22.7 Å². The van der Waals surface area contributed by atoms with Crippen molar-refractivity contribution in [1.29, 1.82) is 0 Å². The highest BCUT2D eigenvalue weighted by Gasteiger charge is 2.28. The molecule has 142 valence electrons. The zero-order valence-electron chi connectivity index (χ0n) is 15.1. The maximum absolute atomic E-state index is 12.6. The molecule has 3 N–H and O–H groups in total. The summed E-state index contributed by atoms with van der Waals surface area (Å²) in [6.45, 7) is 3.24. The quantitative estimate of drug-likeness (QED) is 0.677. The van der Waals surface area contributed by atoms with Gasteiger partial charge in [0.1, 0.15) is 6.54 Å². The highest BCUT2D eigenvalue weighted by Crippen LogP contribution is 2.25. The van der Waals surface area contributed by atoms with Crippen LogP contribution in [0.5, 0.6) is 0 Å². The van der Waals surface area contributed by atoms with Crippen molar-refractivity contribution in [2.45, 2.75) is 20.3 Å². The summed E-state index contributed by atoms with van der Waals surface area (Å²) < 4.78 is 0. The number of benzene rings is 2. The lowest BCUT2D eigenvalue weighted by Crippen LogP contribution is -2.32. The zero-order chi connectivity index (χ0) is 20.0. The number of halogens is 1. The average Bonchev–Trinajstić information content (AvgIpc) is 2.60. The molecule has 0 radical (unpaired) electrons. The summed E-state index contributed by atoms with van der Waals surface area (Å²) >= 11 is 6.00. The van der Waals surface area contributed by atoms with E-state index < -0.39 is 23.8 Å². The molecular weight excluding hydrogens is 368 g/mol. The third kappa shape index (κ3) is 6.11. The van der Waals surface area contributed by atoms with Gasteiger partial charge in [-0.3, -0.25) is 14.4 Å². The van der Waals surface area contributed by atoms with Crippen molar-refractivity contribution in [3.05, 3.63) is 64.7 Å². The predicted octanol–water partition coefficient (Wildman–Crippen LogP) is 3.36. The van der Waals surface area contributed by atoms with E-state index in [2.05, 4.69) is 10.6 Å². The van der Waals surface area contributed by atoms with Crippen LogP contribution in [0.15, 0.2) is 48.5 Å². The van der Waals surface area contributed by atoms with E-state index in [0.717, 1.165) is 5.56 Å². The van der Waals surface area contributed by atoms with E-state index in [-0.39, 0.29) is 5.91 Å². The van der Waals surface area contributed by atoms with Crippen molar-refractivity contribution in [2.24, 2.45) is 5.41 Å². The lowest BCUT2D eigenvalue weighted by molar-refractivity contribution is -0.135. The molecule has 0 atom stereocenters. The first-order chi connectivity index (χ1) is 12.7. The van der Waals surface area contributed by atoms with E-state index in [9.17, 15) is 14.4 Å². The Bertz CT molecular complexity index is 847. The first-order valence-electron chi connectivity index (χ1n) is 8.33. The lowest BCUT2D eigenvalue weighted by Gasteiger charge is -2.24. The third-order valence-corrected chi connectivity index (χ3v) is 4.19. The number of amides is 2. The van der Waals surface area contributed by atoms with Gasteiger partial charge in [0.15, 0.2) is 0 Å². The van der Waals surface area contributed by atoms with Crippen molar-refractivity contribution >= 4 is 35.1 Å². The van der Waals surface area contributed by atoms with Gasteiger partial charge in [-0.2, -0.15) is 0 Å². The fourth-order valence-electron chi connectivity index (χ4n) is 2.50. The number of carbonyl (C=O) groups is 3. The lowest BCUT2D eigenvalue weighted by atomic mass is 9.84. The molecule has 0 aliphatic rings. The van der Waals surface area contributed by atoms with Crippen LogP contribution in [-0.4, -0.2) is 29.4 Å². The van der Waals surface area contributed by atoms with Crippen LogP contribution in [0.3, 0.4) is 0 Å². The van der Waals surface area contributed by atoms with Gasteiger partial charge >= 0.3 is 5.97 Å². The summed E-state index contributed by atoms with van der Waals surface area (Å²) in [5.41, 5.74) is 1.16. The number of carbonyl (C=O) groups excluding carboxylic acids is 2. The van der Waals surface area contributed by atoms with Crippen molar-refractivity contribution < 1.29 is 19.5 Å². The van der Waals surface area contributed by atoms with Gasteiger partial charge in [-0.05, 0) is 48.4 Å². The second kappa shape index (κ2) is 8.68. The largest absolute Gasteiger partial charge is 0.480 e. The summed E-state index contributed by atoms with van der Waals surface area (Å²) in [6, 6.07) is 13.6. The van der Waals surface area contributed by atoms with Gasteiger partial charge in [0.25, 0.3) is 5.91 Å². The molecule has 0 saturated heterocycles. The van der Waals surface area contributed by atoms with Gasteiger partial charge in [0.05, 0.1) is 0 Å². The van der Waals surface area contributed by atoms with Crippen LogP contribution in [0.1, 0.15) is 29.8 Å². The molecule has 0 aromatic heterocycles. The number of hydrogen-bond acceptors (Lipinski definition) is 3. The molecule has 0 aliphatic heterocycles. The van der Waals surface area contributed by atoms with Crippen molar-refractivity contribution in [1.82, 2.24) is 5.32 Å². The minimum absolute atomic E-state index is 0.162. The molecule has 0 aliphatic carbocycles. The second-order valence-corrected chi connectivity index (χ2v) is 7.23. The number of anilines is 1. The maximum atomic E-state index is 12.6. The van der Waals surface area contributed by atoms with Crippen LogP contribution in [0.2, 0.25) is 5.02 Å². The van der Waals surface area contributed by atoms with E-state index >= 15 is 0 Å². The fourth-order valence-corrected chi connectivity index (χ4v) is 2.71. The SMILES string of the molecule is CC(C)(Cc1cccc(Cl)c1)C(=O)Nc1ccc(C(=O)NCC(=O)O)cc1. The summed E-state index contributed by atoms with van der Waals surface area (Å²) in [5.74, 6) is -1.77. The molecule has 0 unspecified atom stereocenters. The molecule has 2 aromatic rings. The van der Waals surface area contributed by atoms with Crippen LogP contribution < -0.4 is 10.6 Å². The average molecular weight is 389 g/mol. The zero-order valence-corrected chi connectivity index (χ0v) is 15.8.